The van der Waals surface area contributed by atoms with Gasteiger partial charge >= 0.3 is 0 Å². The predicted molar refractivity (Wildman–Crippen MR) is 148 cm³/mol. The summed E-state index contributed by atoms with van der Waals surface area (Å²) in [6, 6.07) is 10.9. The normalized spacial score (nSPS) is 15.1. The first kappa shape index (κ1) is 25.2. The standard InChI is InChI=1S/C30H38N6O/c1-20(2)36-19-32-28-27(36)26(18-22-17-23(30(4,5)6)8-7-21(22)3)33-29(34-28)35-15-11-25(12-16-35)37-24-9-13-31-14-10-24/h7-10,13-14,17,19-20,25H,11-12,15-16,18H2,1-6H3. The fourth-order valence-corrected chi connectivity index (χ4v) is 4.95. The first-order valence-corrected chi connectivity index (χ1v) is 13.3. The van der Waals surface area contributed by atoms with Gasteiger partial charge in [-0.3, -0.25) is 4.98 Å². The van der Waals surface area contributed by atoms with Gasteiger partial charge in [0.15, 0.2) is 5.65 Å². The summed E-state index contributed by atoms with van der Waals surface area (Å²) < 4.78 is 8.37. The highest BCUT2D eigenvalue weighted by molar-refractivity contribution is 5.76. The number of hydrogen-bond acceptors (Lipinski definition) is 6. The summed E-state index contributed by atoms with van der Waals surface area (Å²) in [5.41, 5.74) is 6.87. The van der Waals surface area contributed by atoms with Crippen LogP contribution >= 0.6 is 0 Å². The average Bonchev–Trinajstić information content (AvgIpc) is 3.31. The van der Waals surface area contributed by atoms with E-state index in [4.69, 9.17) is 19.7 Å². The number of pyridine rings is 1. The zero-order valence-corrected chi connectivity index (χ0v) is 22.9. The van der Waals surface area contributed by atoms with Crippen LogP contribution in [0.15, 0.2) is 49.1 Å². The van der Waals surface area contributed by atoms with Crippen molar-refractivity contribution in [2.45, 2.75) is 78.4 Å². The van der Waals surface area contributed by atoms with Gasteiger partial charge in [-0.25, -0.2) is 9.97 Å². The van der Waals surface area contributed by atoms with Crippen molar-refractivity contribution in [1.82, 2.24) is 24.5 Å². The largest absolute Gasteiger partial charge is 0.490 e. The van der Waals surface area contributed by atoms with E-state index in [9.17, 15) is 0 Å². The van der Waals surface area contributed by atoms with Crippen LogP contribution in [-0.2, 0) is 11.8 Å². The summed E-state index contributed by atoms with van der Waals surface area (Å²) >= 11 is 0. The van der Waals surface area contributed by atoms with Crippen molar-refractivity contribution in [2.24, 2.45) is 0 Å². The number of rotatable bonds is 6. The van der Waals surface area contributed by atoms with Crippen LogP contribution < -0.4 is 9.64 Å². The summed E-state index contributed by atoms with van der Waals surface area (Å²) in [4.78, 5) is 21.2. The van der Waals surface area contributed by atoms with Crippen molar-refractivity contribution in [1.29, 1.82) is 0 Å². The molecule has 0 amide bonds. The zero-order chi connectivity index (χ0) is 26.2. The molecule has 4 heterocycles. The van der Waals surface area contributed by atoms with Crippen molar-refractivity contribution in [3.05, 3.63) is 71.4 Å². The highest BCUT2D eigenvalue weighted by Crippen LogP contribution is 2.29. The minimum Gasteiger partial charge on any atom is -0.490 e. The van der Waals surface area contributed by atoms with Gasteiger partial charge in [0.1, 0.15) is 17.4 Å². The van der Waals surface area contributed by atoms with Crippen molar-refractivity contribution in [3.63, 3.8) is 0 Å². The van der Waals surface area contributed by atoms with E-state index in [1.54, 1.807) is 12.4 Å². The zero-order valence-electron chi connectivity index (χ0n) is 22.9. The fourth-order valence-electron chi connectivity index (χ4n) is 4.95. The van der Waals surface area contributed by atoms with Gasteiger partial charge in [0.05, 0.1) is 12.0 Å². The molecule has 7 heteroatoms. The summed E-state index contributed by atoms with van der Waals surface area (Å²) in [6.07, 6.45) is 8.23. The fraction of sp³-hybridized carbons (Fsp3) is 0.467. The molecule has 1 aromatic carbocycles. The Balaban J connectivity index is 1.45. The summed E-state index contributed by atoms with van der Waals surface area (Å²) in [7, 11) is 0. The number of fused-ring (bicyclic) bond motifs is 1. The SMILES string of the molecule is Cc1ccc(C(C)(C)C)cc1Cc1nc(N2CCC(Oc3ccncc3)CC2)nc2ncn(C(C)C)c12. The number of anilines is 1. The lowest BCUT2D eigenvalue weighted by Crippen LogP contribution is -2.39. The van der Waals surface area contributed by atoms with E-state index < -0.39 is 0 Å². The number of benzene rings is 1. The van der Waals surface area contributed by atoms with Crippen LogP contribution in [0.3, 0.4) is 0 Å². The molecule has 1 aliphatic heterocycles. The number of piperidine rings is 1. The molecule has 0 radical (unpaired) electrons. The molecule has 1 aliphatic rings. The molecule has 0 spiro atoms. The summed E-state index contributed by atoms with van der Waals surface area (Å²) in [5.74, 6) is 1.64. The molecule has 0 bridgehead atoms. The van der Waals surface area contributed by atoms with E-state index in [1.165, 1.54) is 16.7 Å². The highest BCUT2D eigenvalue weighted by Gasteiger charge is 2.25. The van der Waals surface area contributed by atoms with E-state index in [-0.39, 0.29) is 17.6 Å². The lowest BCUT2D eigenvalue weighted by molar-refractivity contribution is 0.170. The minimum absolute atomic E-state index is 0.0942. The van der Waals surface area contributed by atoms with E-state index in [0.29, 0.717) is 0 Å². The molecule has 1 saturated heterocycles. The van der Waals surface area contributed by atoms with Crippen LogP contribution in [0.4, 0.5) is 5.95 Å². The number of nitrogens with zero attached hydrogens (tertiary/aromatic N) is 6. The maximum absolute atomic E-state index is 6.17. The smallest absolute Gasteiger partial charge is 0.227 e. The third kappa shape index (κ3) is 5.45. The van der Waals surface area contributed by atoms with E-state index in [1.807, 2.05) is 18.5 Å². The van der Waals surface area contributed by atoms with Gasteiger partial charge in [0.2, 0.25) is 5.95 Å². The molecule has 0 atom stereocenters. The Bertz CT molecular complexity index is 1360. The van der Waals surface area contributed by atoms with Crippen LogP contribution in [0.25, 0.3) is 11.2 Å². The molecule has 0 N–H and O–H groups in total. The third-order valence-electron chi connectivity index (χ3n) is 7.30. The van der Waals surface area contributed by atoms with Crippen LogP contribution in [0.1, 0.15) is 75.9 Å². The molecular formula is C30H38N6O. The number of aryl methyl sites for hydroxylation is 1. The van der Waals surface area contributed by atoms with Gasteiger partial charge in [-0.15, -0.1) is 0 Å². The maximum Gasteiger partial charge on any atom is 0.227 e. The first-order valence-electron chi connectivity index (χ1n) is 13.3. The van der Waals surface area contributed by atoms with Crippen LogP contribution in [0, 0.1) is 6.92 Å². The maximum atomic E-state index is 6.17. The molecule has 37 heavy (non-hydrogen) atoms. The van der Waals surface area contributed by atoms with Crippen LogP contribution in [0.2, 0.25) is 0 Å². The second-order valence-electron chi connectivity index (χ2n) is 11.4. The molecule has 1 fully saturated rings. The number of aromatic nitrogens is 5. The van der Waals surface area contributed by atoms with Crippen LogP contribution in [-0.4, -0.2) is 43.7 Å². The second-order valence-corrected chi connectivity index (χ2v) is 11.4. The summed E-state index contributed by atoms with van der Waals surface area (Å²) in [6.45, 7) is 15.0. The van der Waals surface area contributed by atoms with Crippen molar-refractivity contribution in [3.8, 4) is 5.75 Å². The summed E-state index contributed by atoms with van der Waals surface area (Å²) in [5, 5.41) is 0. The average molecular weight is 499 g/mol. The van der Waals surface area contributed by atoms with Gasteiger partial charge in [-0.2, -0.15) is 4.98 Å². The molecule has 0 unspecified atom stereocenters. The Kier molecular flexibility index (Phi) is 6.88. The third-order valence-corrected chi connectivity index (χ3v) is 7.30. The molecule has 4 aromatic rings. The number of hydrogen-bond donors (Lipinski definition) is 0. The monoisotopic (exact) mass is 498 g/mol. The lowest BCUT2D eigenvalue weighted by atomic mass is 9.84. The van der Waals surface area contributed by atoms with Crippen LogP contribution in [0.5, 0.6) is 5.75 Å². The molecule has 7 nitrogen and oxygen atoms in total. The minimum atomic E-state index is 0.0942. The van der Waals surface area contributed by atoms with Crippen molar-refractivity contribution < 1.29 is 4.74 Å². The van der Waals surface area contributed by atoms with Gasteiger partial charge in [-0.05, 0) is 55.0 Å². The van der Waals surface area contributed by atoms with Crippen molar-refractivity contribution >= 4 is 17.1 Å². The molecule has 0 aliphatic carbocycles. The van der Waals surface area contributed by atoms with Gasteiger partial charge in [-0.1, -0.05) is 39.0 Å². The highest BCUT2D eigenvalue weighted by atomic mass is 16.5. The van der Waals surface area contributed by atoms with Gasteiger partial charge in [0.25, 0.3) is 0 Å². The predicted octanol–water partition coefficient (Wildman–Crippen LogP) is 6.05. The second kappa shape index (κ2) is 10.1. The van der Waals surface area contributed by atoms with E-state index in [2.05, 4.69) is 74.2 Å². The first-order chi connectivity index (χ1) is 17.7. The Morgan fingerprint density at radius 1 is 1.03 bits per heavy atom. The molecule has 5 rings (SSSR count). The molecular weight excluding hydrogens is 460 g/mol. The molecule has 194 valence electrons. The topological polar surface area (TPSA) is 69.0 Å². The lowest BCUT2D eigenvalue weighted by Gasteiger charge is -2.32. The van der Waals surface area contributed by atoms with Gasteiger partial charge in [0, 0.05) is 50.8 Å². The van der Waals surface area contributed by atoms with Gasteiger partial charge < -0.3 is 14.2 Å². The van der Waals surface area contributed by atoms with E-state index >= 15 is 0 Å². The quantitative estimate of drug-likeness (QED) is 0.322. The Morgan fingerprint density at radius 2 is 1.76 bits per heavy atom. The number of ether oxygens (including phenoxy) is 1. The molecule has 3 aromatic heterocycles. The molecule has 0 saturated carbocycles. The Labute approximate surface area is 220 Å². The van der Waals surface area contributed by atoms with E-state index in [0.717, 1.165) is 60.9 Å². The van der Waals surface area contributed by atoms with Crippen molar-refractivity contribution in [2.75, 3.05) is 18.0 Å². The Hall–Kier alpha value is -3.48. The Morgan fingerprint density at radius 3 is 2.43 bits per heavy atom. The number of imidazole rings is 1.